The maximum Gasteiger partial charge on any atom is 0.354 e. The predicted molar refractivity (Wildman–Crippen MR) is 78.8 cm³/mol. The van der Waals surface area contributed by atoms with Crippen molar-refractivity contribution in [2.45, 2.75) is 13.8 Å². The Morgan fingerprint density at radius 2 is 1.90 bits per heavy atom. The average molecular weight is 273 g/mol. The molecule has 1 aromatic rings. The molecule has 0 aliphatic carbocycles. The molecule has 0 radical (unpaired) electrons. The highest BCUT2D eigenvalue weighted by Gasteiger charge is 2.20. The van der Waals surface area contributed by atoms with Gasteiger partial charge in [0.05, 0.1) is 12.8 Å². The second-order valence-electron chi connectivity index (χ2n) is 4.37. The van der Waals surface area contributed by atoms with Crippen LogP contribution in [0.4, 0.5) is 0 Å². The van der Waals surface area contributed by atoms with Crippen molar-refractivity contribution in [3.05, 3.63) is 59.5 Å². The van der Waals surface area contributed by atoms with E-state index in [1.54, 1.807) is 38.3 Å². The van der Waals surface area contributed by atoms with Gasteiger partial charge in [0.15, 0.2) is 0 Å². The zero-order chi connectivity index (χ0) is 15.3. The Labute approximate surface area is 119 Å². The van der Waals surface area contributed by atoms with E-state index >= 15 is 0 Å². The number of ketones is 1. The molecule has 0 aliphatic heterocycles. The van der Waals surface area contributed by atoms with Gasteiger partial charge >= 0.3 is 5.97 Å². The lowest BCUT2D eigenvalue weighted by atomic mass is 10.0. The van der Waals surface area contributed by atoms with Crippen molar-refractivity contribution in [3.8, 4) is 0 Å². The molecular formula is C16H19NO3. The fourth-order valence-corrected chi connectivity index (χ4v) is 1.79. The zero-order valence-electron chi connectivity index (χ0n) is 12.3. The third-order valence-electron chi connectivity index (χ3n) is 2.91. The maximum atomic E-state index is 12.5. The Morgan fingerprint density at radius 1 is 1.30 bits per heavy atom. The molecule has 1 aromatic heterocycles. The summed E-state index contributed by atoms with van der Waals surface area (Å²) in [5, 5.41) is 0. The number of Topliss-reactive ketones (excluding diaryl/α,β-unsaturated/α-hetero) is 1. The monoisotopic (exact) mass is 273 g/mol. The van der Waals surface area contributed by atoms with Crippen molar-refractivity contribution in [1.29, 1.82) is 0 Å². The van der Waals surface area contributed by atoms with E-state index in [0.29, 0.717) is 22.5 Å². The molecule has 20 heavy (non-hydrogen) atoms. The number of carbonyl (C=O) groups excluding carboxylic acids is 2. The number of carbonyl (C=O) groups is 2. The summed E-state index contributed by atoms with van der Waals surface area (Å²) in [5.74, 6) is -0.644. The lowest BCUT2D eigenvalue weighted by molar-refractivity contribution is 0.0590. The molecular weight excluding hydrogens is 254 g/mol. The van der Waals surface area contributed by atoms with Crippen molar-refractivity contribution in [2.75, 3.05) is 7.11 Å². The molecule has 4 nitrogen and oxygen atoms in total. The predicted octanol–water partition coefficient (Wildman–Crippen LogP) is 3.07. The van der Waals surface area contributed by atoms with Crippen LogP contribution in [0.2, 0.25) is 0 Å². The molecule has 1 rings (SSSR count). The van der Waals surface area contributed by atoms with Gasteiger partial charge in [0.1, 0.15) is 5.69 Å². The second kappa shape index (κ2) is 6.70. The molecule has 0 saturated carbocycles. The van der Waals surface area contributed by atoms with Crippen LogP contribution in [0, 0.1) is 0 Å². The highest BCUT2D eigenvalue weighted by Crippen LogP contribution is 2.17. The Bertz CT molecular complexity index is 603. The number of ether oxygens (including phenoxy) is 1. The Hall–Kier alpha value is -2.36. The standard InChI is InChI=1S/C16H19NO3/c1-6-7-8-12(11(2)3)15(18)13-9-10-14(17(13)4)16(19)20-5/h6-10H,2H2,1,3-5H3/b7-6-,12-8+. The van der Waals surface area contributed by atoms with Crippen LogP contribution >= 0.6 is 0 Å². The minimum atomic E-state index is -0.471. The van der Waals surface area contributed by atoms with Crippen LogP contribution in [0.5, 0.6) is 0 Å². The summed E-state index contributed by atoms with van der Waals surface area (Å²) in [7, 11) is 2.97. The lowest BCUT2D eigenvalue weighted by Crippen LogP contribution is -2.14. The normalized spacial score (nSPS) is 11.7. The minimum absolute atomic E-state index is 0.173. The second-order valence-corrected chi connectivity index (χ2v) is 4.37. The quantitative estimate of drug-likeness (QED) is 0.358. The summed E-state index contributed by atoms with van der Waals surface area (Å²) < 4.78 is 6.20. The van der Waals surface area contributed by atoms with Gasteiger partial charge in [0.25, 0.3) is 0 Å². The number of hydrogen-bond acceptors (Lipinski definition) is 3. The average Bonchev–Trinajstić information content (AvgIpc) is 2.79. The van der Waals surface area contributed by atoms with E-state index in [-0.39, 0.29) is 5.78 Å². The van der Waals surface area contributed by atoms with Gasteiger partial charge in [0.2, 0.25) is 5.78 Å². The Kier molecular flexibility index (Phi) is 5.26. The minimum Gasteiger partial charge on any atom is -0.464 e. The number of allylic oxidation sites excluding steroid dienone is 5. The zero-order valence-corrected chi connectivity index (χ0v) is 12.3. The van der Waals surface area contributed by atoms with Crippen LogP contribution in [-0.2, 0) is 11.8 Å². The molecule has 4 heteroatoms. The highest BCUT2D eigenvalue weighted by molar-refractivity contribution is 6.11. The van der Waals surface area contributed by atoms with Crippen LogP contribution in [0.15, 0.2) is 48.1 Å². The number of rotatable bonds is 5. The largest absolute Gasteiger partial charge is 0.464 e. The topological polar surface area (TPSA) is 48.3 Å². The van der Waals surface area contributed by atoms with Gasteiger partial charge in [-0.05, 0) is 31.6 Å². The maximum absolute atomic E-state index is 12.5. The Balaban J connectivity index is 3.24. The van der Waals surface area contributed by atoms with Crippen LogP contribution in [0.25, 0.3) is 0 Å². The van der Waals surface area contributed by atoms with Crippen molar-refractivity contribution < 1.29 is 14.3 Å². The first-order valence-electron chi connectivity index (χ1n) is 6.21. The van der Waals surface area contributed by atoms with E-state index in [0.717, 1.165) is 0 Å². The third kappa shape index (κ3) is 3.15. The van der Waals surface area contributed by atoms with Crippen LogP contribution in [-0.4, -0.2) is 23.4 Å². The molecule has 0 fully saturated rings. The summed E-state index contributed by atoms with van der Waals surface area (Å²) in [6, 6.07) is 3.19. The fraction of sp³-hybridized carbons (Fsp3) is 0.250. The van der Waals surface area contributed by atoms with E-state index in [9.17, 15) is 9.59 Å². The van der Waals surface area contributed by atoms with Gasteiger partial charge in [-0.3, -0.25) is 4.79 Å². The van der Waals surface area contributed by atoms with E-state index < -0.39 is 5.97 Å². The molecule has 0 saturated heterocycles. The first kappa shape index (κ1) is 15.7. The first-order chi connectivity index (χ1) is 9.43. The van der Waals surface area contributed by atoms with Gasteiger partial charge in [0, 0.05) is 12.6 Å². The summed E-state index contributed by atoms with van der Waals surface area (Å²) in [4.78, 5) is 24.0. The van der Waals surface area contributed by atoms with Crippen molar-refractivity contribution in [2.24, 2.45) is 7.05 Å². The van der Waals surface area contributed by atoms with E-state index in [1.807, 2.05) is 13.0 Å². The molecule has 0 unspecified atom stereocenters. The van der Waals surface area contributed by atoms with Crippen LogP contribution in [0.1, 0.15) is 34.8 Å². The molecule has 0 spiro atoms. The lowest BCUT2D eigenvalue weighted by Gasteiger charge is -2.08. The van der Waals surface area contributed by atoms with Crippen molar-refractivity contribution in [3.63, 3.8) is 0 Å². The molecule has 0 aliphatic rings. The third-order valence-corrected chi connectivity index (χ3v) is 2.91. The fourth-order valence-electron chi connectivity index (χ4n) is 1.79. The summed E-state index contributed by atoms with van der Waals surface area (Å²) in [5.41, 5.74) is 1.95. The number of esters is 1. The number of methoxy groups -OCH3 is 1. The smallest absolute Gasteiger partial charge is 0.354 e. The van der Waals surface area contributed by atoms with Gasteiger partial charge in [-0.1, -0.05) is 24.8 Å². The first-order valence-corrected chi connectivity index (χ1v) is 6.21. The molecule has 106 valence electrons. The number of nitrogens with zero attached hydrogens (tertiary/aromatic N) is 1. The SMILES string of the molecule is C=C(C)/C(=C\C=C/C)C(=O)c1ccc(C(=O)OC)n1C. The van der Waals surface area contributed by atoms with Gasteiger partial charge in [-0.2, -0.15) is 0 Å². The van der Waals surface area contributed by atoms with E-state index in [2.05, 4.69) is 11.3 Å². The van der Waals surface area contributed by atoms with Gasteiger partial charge in [-0.25, -0.2) is 4.79 Å². The molecule has 0 N–H and O–H groups in total. The van der Waals surface area contributed by atoms with Gasteiger partial charge in [-0.15, -0.1) is 0 Å². The molecule has 0 bridgehead atoms. The van der Waals surface area contributed by atoms with Crippen molar-refractivity contribution in [1.82, 2.24) is 4.57 Å². The summed E-state index contributed by atoms with van der Waals surface area (Å²) in [6.45, 7) is 7.46. The highest BCUT2D eigenvalue weighted by atomic mass is 16.5. The van der Waals surface area contributed by atoms with Crippen LogP contribution in [0.3, 0.4) is 0 Å². The van der Waals surface area contributed by atoms with Gasteiger partial charge < -0.3 is 9.30 Å². The number of hydrogen-bond donors (Lipinski definition) is 0. The summed E-state index contributed by atoms with van der Waals surface area (Å²) in [6.07, 6.45) is 5.34. The van der Waals surface area contributed by atoms with Crippen LogP contribution < -0.4 is 0 Å². The molecule has 0 aromatic carbocycles. The van der Waals surface area contributed by atoms with E-state index in [4.69, 9.17) is 0 Å². The molecule has 0 amide bonds. The number of aromatic nitrogens is 1. The Morgan fingerprint density at radius 3 is 2.40 bits per heavy atom. The summed E-state index contributed by atoms with van der Waals surface area (Å²) >= 11 is 0. The molecule has 1 heterocycles. The van der Waals surface area contributed by atoms with E-state index in [1.165, 1.54) is 11.7 Å². The molecule has 0 atom stereocenters. The van der Waals surface area contributed by atoms with Crippen molar-refractivity contribution >= 4 is 11.8 Å².